The van der Waals surface area contributed by atoms with Gasteiger partial charge in [0, 0.05) is 50.2 Å². The van der Waals surface area contributed by atoms with E-state index in [-0.39, 0.29) is 12.2 Å². The van der Waals surface area contributed by atoms with Crippen LogP contribution in [0.5, 0.6) is 11.5 Å². The lowest BCUT2D eigenvalue weighted by Gasteiger charge is -2.37. The highest BCUT2D eigenvalue weighted by Gasteiger charge is 2.21. The lowest BCUT2D eigenvalue weighted by atomic mass is 10.1. The van der Waals surface area contributed by atoms with Crippen LogP contribution in [-0.2, 0) is 0 Å². The third kappa shape index (κ3) is 5.23. The zero-order chi connectivity index (χ0) is 22.5. The molecule has 0 aliphatic carbocycles. The first-order valence-corrected chi connectivity index (χ1v) is 11.1. The number of aryl methyl sites for hydroxylation is 1. The Morgan fingerprint density at radius 1 is 1.06 bits per heavy atom. The molecule has 32 heavy (non-hydrogen) atoms. The van der Waals surface area contributed by atoms with Crippen molar-refractivity contribution in [3.63, 3.8) is 0 Å². The van der Waals surface area contributed by atoms with Crippen molar-refractivity contribution in [2.75, 3.05) is 50.8 Å². The fraction of sp³-hybridized carbons (Fsp3) is 0.400. The summed E-state index contributed by atoms with van der Waals surface area (Å²) >= 11 is 0. The maximum atomic E-state index is 11.6. The number of rotatable bonds is 8. The van der Waals surface area contributed by atoms with Gasteiger partial charge in [0.15, 0.2) is 0 Å². The molecule has 0 radical (unpaired) electrons. The molecule has 7 heteroatoms. The van der Waals surface area contributed by atoms with Gasteiger partial charge in [0.05, 0.1) is 12.3 Å². The Kier molecular flexibility index (Phi) is 6.97. The molecule has 3 aromatic rings. The summed E-state index contributed by atoms with van der Waals surface area (Å²) < 4.78 is 16.8. The standard InChI is InChI=1S/C25H30N2O5/c1-3-30-23-7-5-4-6-22(23)27-12-10-26(11-13-27)16-19(28)17-31-20-8-9-21-18(2)14-25(29)32-24(21)15-20/h4-9,14-15,19,28H,3,10-13,16-17H2,1-2H3/t19-/m1/s1. The smallest absolute Gasteiger partial charge is 0.336 e. The van der Waals surface area contributed by atoms with Crippen LogP contribution in [0.4, 0.5) is 5.69 Å². The third-order valence-corrected chi connectivity index (χ3v) is 5.71. The van der Waals surface area contributed by atoms with Gasteiger partial charge in [-0.05, 0) is 43.7 Å². The molecule has 0 bridgehead atoms. The molecule has 1 aromatic heterocycles. The summed E-state index contributed by atoms with van der Waals surface area (Å²) in [5, 5.41) is 11.4. The minimum atomic E-state index is -0.613. The number of piperazine rings is 1. The van der Waals surface area contributed by atoms with Gasteiger partial charge >= 0.3 is 5.63 Å². The highest BCUT2D eigenvalue weighted by molar-refractivity contribution is 5.81. The minimum Gasteiger partial charge on any atom is -0.492 e. The van der Waals surface area contributed by atoms with E-state index in [1.165, 1.54) is 6.07 Å². The van der Waals surface area contributed by atoms with Gasteiger partial charge in [0.1, 0.15) is 29.8 Å². The summed E-state index contributed by atoms with van der Waals surface area (Å²) in [5.74, 6) is 1.49. The Balaban J connectivity index is 1.28. The van der Waals surface area contributed by atoms with Crippen LogP contribution >= 0.6 is 0 Å². The normalized spacial score (nSPS) is 15.7. The summed E-state index contributed by atoms with van der Waals surface area (Å²) in [6.45, 7) is 8.70. The number of ether oxygens (including phenoxy) is 2. The maximum Gasteiger partial charge on any atom is 0.336 e. The van der Waals surface area contributed by atoms with Crippen molar-refractivity contribution in [2.45, 2.75) is 20.0 Å². The van der Waals surface area contributed by atoms with E-state index in [1.807, 2.05) is 44.2 Å². The van der Waals surface area contributed by atoms with Crippen LogP contribution in [0.3, 0.4) is 0 Å². The Morgan fingerprint density at radius 2 is 1.84 bits per heavy atom. The van der Waals surface area contributed by atoms with Gasteiger partial charge < -0.3 is 23.9 Å². The average molecular weight is 439 g/mol. The topological polar surface area (TPSA) is 75.4 Å². The third-order valence-electron chi connectivity index (χ3n) is 5.71. The van der Waals surface area contributed by atoms with Crippen molar-refractivity contribution in [2.24, 2.45) is 0 Å². The number of benzene rings is 2. The molecule has 2 aromatic carbocycles. The highest BCUT2D eigenvalue weighted by atomic mass is 16.5. The molecule has 1 atom stereocenters. The monoisotopic (exact) mass is 438 g/mol. The average Bonchev–Trinajstić information content (AvgIpc) is 2.78. The lowest BCUT2D eigenvalue weighted by Crippen LogP contribution is -2.49. The van der Waals surface area contributed by atoms with Gasteiger partial charge in [-0.1, -0.05) is 12.1 Å². The number of para-hydroxylation sites is 2. The molecule has 0 saturated carbocycles. The number of anilines is 1. The molecule has 0 unspecified atom stereocenters. The van der Waals surface area contributed by atoms with Crippen molar-refractivity contribution in [3.05, 3.63) is 64.5 Å². The number of aliphatic hydroxyl groups is 1. The summed E-state index contributed by atoms with van der Waals surface area (Å²) in [6.07, 6.45) is -0.613. The Morgan fingerprint density at radius 3 is 2.62 bits per heavy atom. The number of aliphatic hydroxyl groups excluding tert-OH is 1. The van der Waals surface area contributed by atoms with Crippen molar-refractivity contribution < 1.29 is 19.0 Å². The second-order valence-corrected chi connectivity index (χ2v) is 8.06. The van der Waals surface area contributed by atoms with Crippen LogP contribution < -0.4 is 20.0 Å². The summed E-state index contributed by atoms with van der Waals surface area (Å²) in [4.78, 5) is 16.2. The number of fused-ring (bicyclic) bond motifs is 1. The second-order valence-electron chi connectivity index (χ2n) is 8.06. The summed E-state index contributed by atoms with van der Waals surface area (Å²) in [7, 11) is 0. The fourth-order valence-corrected chi connectivity index (χ4v) is 4.11. The molecule has 2 heterocycles. The van der Waals surface area contributed by atoms with E-state index in [0.29, 0.717) is 24.5 Å². The molecule has 170 valence electrons. The second kappa shape index (κ2) is 10.1. The molecular formula is C25H30N2O5. The van der Waals surface area contributed by atoms with E-state index in [4.69, 9.17) is 13.9 Å². The van der Waals surface area contributed by atoms with Crippen LogP contribution in [0.15, 0.2) is 57.7 Å². The lowest BCUT2D eigenvalue weighted by molar-refractivity contribution is 0.0663. The van der Waals surface area contributed by atoms with E-state index < -0.39 is 6.10 Å². The molecule has 1 aliphatic heterocycles. The first-order valence-electron chi connectivity index (χ1n) is 11.1. The zero-order valence-electron chi connectivity index (χ0n) is 18.6. The van der Waals surface area contributed by atoms with Crippen LogP contribution in [0.25, 0.3) is 11.0 Å². The maximum absolute atomic E-state index is 11.6. The van der Waals surface area contributed by atoms with E-state index in [2.05, 4.69) is 15.9 Å². The van der Waals surface area contributed by atoms with E-state index >= 15 is 0 Å². The molecule has 1 aliphatic rings. The van der Waals surface area contributed by atoms with Gasteiger partial charge in [0.25, 0.3) is 0 Å². The van der Waals surface area contributed by atoms with Gasteiger partial charge in [-0.2, -0.15) is 0 Å². The summed E-state index contributed by atoms with van der Waals surface area (Å²) in [5.41, 5.74) is 2.10. The van der Waals surface area contributed by atoms with E-state index in [0.717, 1.165) is 48.6 Å². The number of β-amino-alcohol motifs (C(OH)–C–C–N with tert-alkyl or cyclic N) is 1. The largest absolute Gasteiger partial charge is 0.492 e. The first kappa shape index (κ1) is 22.2. The van der Waals surface area contributed by atoms with Crippen molar-refractivity contribution in [1.29, 1.82) is 0 Å². The van der Waals surface area contributed by atoms with Crippen molar-refractivity contribution in [3.8, 4) is 11.5 Å². The SMILES string of the molecule is CCOc1ccccc1N1CCN(C[C@@H](O)COc2ccc3c(C)cc(=O)oc3c2)CC1. The van der Waals surface area contributed by atoms with E-state index in [9.17, 15) is 9.90 Å². The number of hydrogen-bond donors (Lipinski definition) is 1. The molecule has 1 N–H and O–H groups in total. The predicted octanol–water partition coefficient (Wildman–Crippen LogP) is 3.06. The minimum absolute atomic E-state index is 0.176. The Labute approximate surface area is 187 Å². The van der Waals surface area contributed by atoms with Crippen LogP contribution in [0.2, 0.25) is 0 Å². The highest BCUT2D eigenvalue weighted by Crippen LogP contribution is 2.29. The van der Waals surface area contributed by atoms with Crippen molar-refractivity contribution in [1.82, 2.24) is 4.90 Å². The molecule has 4 rings (SSSR count). The number of hydrogen-bond acceptors (Lipinski definition) is 7. The molecule has 0 amide bonds. The fourth-order valence-electron chi connectivity index (χ4n) is 4.11. The predicted molar refractivity (Wildman–Crippen MR) is 125 cm³/mol. The van der Waals surface area contributed by atoms with E-state index in [1.54, 1.807) is 6.07 Å². The molecular weight excluding hydrogens is 408 g/mol. The Hall–Kier alpha value is -3.03. The van der Waals surface area contributed by atoms with Crippen LogP contribution in [-0.4, -0.2) is 62.0 Å². The summed E-state index contributed by atoms with van der Waals surface area (Å²) in [6, 6.07) is 15.0. The Bertz CT molecular complexity index is 1100. The van der Waals surface area contributed by atoms with Gasteiger partial charge in [-0.25, -0.2) is 4.79 Å². The van der Waals surface area contributed by atoms with Gasteiger partial charge in [-0.3, -0.25) is 4.90 Å². The van der Waals surface area contributed by atoms with Crippen LogP contribution in [0.1, 0.15) is 12.5 Å². The number of nitrogens with zero attached hydrogens (tertiary/aromatic N) is 2. The van der Waals surface area contributed by atoms with Crippen molar-refractivity contribution >= 4 is 16.7 Å². The molecule has 0 spiro atoms. The molecule has 1 fully saturated rings. The molecule has 7 nitrogen and oxygen atoms in total. The molecule has 1 saturated heterocycles. The first-order chi connectivity index (χ1) is 15.5. The van der Waals surface area contributed by atoms with Gasteiger partial charge in [-0.15, -0.1) is 0 Å². The van der Waals surface area contributed by atoms with Crippen LogP contribution in [0, 0.1) is 6.92 Å². The quantitative estimate of drug-likeness (QED) is 0.542. The zero-order valence-corrected chi connectivity index (χ0v) is 18.6. The van der Waals surface area contributed by atoms with Gasteiger partial charge in [0.2, 0.25) is 0 Å².